The third-order valence-electron chi connectivity index (χ3n) is 10.1. The number of hydrogen-bond donors (Lipinski definition) is 3. The van der Waals surface area contributed by atoms with Gasteiger partial charge in [-0.3, -0.25) is 18.6 Å². The van der Waals surface area contributed by atoms with Crippen LogP contribution in [0.5, 0.6) is 0 Å². The first-order valence-corrected chi connectivity index (χ1v) is 25.0. The van der Waals surface area contributed by atoms with Crippen LogP contribution in [0.3, 0.4) is 0 Å². The number of phosphoric ester groups is 1. The molecule has 0 spiro atoms. The largest absolute Gasteiger partial charge is 0.472 e. The van der Waals surface area contributed by atoms with E-state index in [1.54, 1.807) is 0 Å². The number of carbonyl (C=O) groups is 2. The van der Waals surface area contributed by atoms with E-state index in [0.717, 1.165) is 70.6 Å². The molecule has 2 atom stereocenters. The second-order valence-corrected chi connectivity index (χ2v) is 17.2. The fourth-order valence-electron chi connectivity index (χ4n) is 6.57. The molecule has 2 unspecified atom stereocenters. The van der Waals surface area contributed by atoms with Crippen LogP contribution in [-0.4, -0.2) is 54.3 Å². The minimum Gasteiger partial charge on any atom is -0.463 e. The number of phosphoric acid groups is 1. The minimum atomic E-state index is -4.42. The van der Waals surface area contributed by atoms with Gasteiger partial charge in [0.1, 0.15) is 12.7 Å². The molecule has 3 N–H and O–H groups in total. The summed E-state index contributed by atoms with van der Waals surface area (Å²) in [6, 6.07) is 0. The lowest BCUT2D eigenvalue weighted by Gasteiger charge is -2.15. The van der Waals surface area contributed by atoms with Crippen molar-refractivity contribution in [1.82, 2.24) is 5.32 Å². The number of rotatable bonds is 44. The topological polar surface area (TPSA) is 131 Å². The zero-order valence-electron chi connectivity index (χ0n) is 36.8. The van der Waals surface area contributed by atoms with Gasteiger partial charge in [-0.05, 0) is 44.9 Å². The van der Waals surface area contributed by atoms with Crippen LogP contribution in [0.2, 0.25) is 0 Å². The van der Waals surface area contributed by atoms with Gasteiger partial charge in [0.15, 0.2) is 0 Å². The molecule has 0 heterocycles. The van der Waals surface area contributed by atoms with Gasteiger partial charge in [-0.2, -0.15) is 0 Å². The first-order chi connectivity index (χ1) is 27.8. The fraction of sp³-hybridized carbons (Fsp3) is 0.830. The number of allylic oxidation sites excluding steroid dienone is 6. The first-order valence-electron chi connectivity index (χ1n) is 23.5. The molecule has 0 aromatic carbocycles. The van der Waals surface area contributed by atoms with Crippen LogP contribution in [-0.2, 0) is 27.9 Å². The molecule has 0 bridgehead atoms. The van der Waals surface area contributed by atoms with E-state index in [-0.39, 0.29) is 32.1 Å². The highest BCUT2D eigenvalue weighted by molar-refractivity contribution is 7.47. The lowest BCUT2D eigenvalue weighted by atomic mass is 10.0. The van der Waals surface area contributed by atoms with Crippen molar-refractivity contribution in [3.63, 3.8) is 0 Å². The zero-order chi connectivity index (χ0) is 41.8. The number of hydrogen-bond acceptors (Lipinski definition) is 7. The summed E-state index contributed by atoms with van der Waals surface area (Å²) in [5.41, 5.74) is 0. The third kappa shape index (κ3) is 45.2. The highest BCUT2D eigenvalue weighted by atomic mass is 31.2. The molecule has 10 heteroatoms. The van der Waals surface area contributed by atoms with Crippen LogP contribution in [0.4, 0.5) is 0 Å². The number of aliphatic hydroxyl groups is 1. The van der Waals surface area contributed by atoms with E-state index < -0.39 is 26.5 Å². The van der Waals surface area contributed by atoms with Gasteiger partial charge in [0.25, 0.3) is 0 Å². The van der Waals surface area contributed by atoms with E-state index in [1.165, 1.54) is 116 Å². The molecule has 0 rings (SSSR count). The molecule has 0 aliphatic rings. The number of ether oxygens (including phenoxy) is 1. The summed E-state index contributed by atoms with van der Waals surface area (Å²) in [5, 5.41) is 12.7. The highest BCUT2D eigenvalue weighted by Crippen LogP contribution is 2.42. The second kappa shape index (κ2) is 43.8. The van der Waals surface area contributed by atoms with Gasteiger partial charge < -0.3 is 20.1 Å². The lowest BCUT2D eigenvalue weighted by molar-refractivity contribution is -0.147. The maximum absolute atomic E-state index is 12.1. The summed E-state index contributed by atoms with van der Waals surface area (Å²) in [6.45, 7) is 3.45. The van der Waals surface area contributed by atoms with Crippen molar-refractivity contribution < 1.29 is 37.9 Å². The monoisotopic (exact) mass is 826 g/mol. The lowest BCUT2D eigenvalue weighted by Crippen LogP contribution is -2.27. The maximum atomic E-state index is 12.1. The molecule has 334 valence electrons. The Kier molecular flexibility index (Phi) is 42.4. The molecule has 0 aliphatic carbocycles. The summed E-state index contributed by atoms with van der Waals surface area (Å²) >= 11 is 0. The van der Waals surface area contributed by atoms with Gasteiger partial charge >= 0.3 is 13.8 Å². The van der Waals surface area contributed by atoms with E-state index in [4.69, 9.17) is 13.8 Å². The normalized spacial score (nSPS) is 13.5. The molecule has 0 aromatic heterocycles. The van der Waals surface area contributed by atoms with Crippen LogP contribution in [0.1, 0.15) is 219 Å². The molecule has 0 fully saturated rings. The average molecular weight is 826 g/mol. The first kappa shape index (κ1) is 55.2. The molecule has 0 radical (unpaired) electrons. The summed E-state index contributed by atoms with van der Waals surface area (Å²) in [6.07, 6.45) is 49.4. The van der Waals surface area contributed by atoms with Crippen molar-refractivity contribution in [1.29, 1.82) is 0 Å². The minimum absolute atomic E-state index is 0.0820. The fourth-order valence-corrected chi connectivity index (χ4v) is 7.33. The van der Waals surface area contributed by atoms with Crippen molar-refractivity contribution >= 4 is 19.7 Å². The number of amides is 1. The van der Waals surface area contributed by atoms with Crippen molar-refractivity contribution in [2.45, 2.75) is 225 Å². The van der Waals surface area contributed by atoms with Crippen LogP contribution in [0, 0.1) is 0 Å². The Balaban J connectivity index is 3.56. The number of carbonyl (C=O) groups excluding carboxylic acids is 2. The number of nitrogens with one attached hydrogen (secondary N) is 1. The van der Waals surface area contributed by atoms with Crippen molar-refractivity contribution in [3.05, 3.63) is 36.5 Å². The highest BCUT2D eigenvalue weighted by Gasteiger charge is 2.23. The van der Waals surface area contributed by atoms with Crippen LogP contribution in [0.25, 0.3) is 0 Å². The van der Waals surface area contributed by atoms with E-state index >= 15 is 0 Å². The van der Waals surface area contributed by atoms with Gasteiger partial charge in [0.05, 0.1) is 13.2 Å². The Morgan fingerprint density at radius 1 is 0.561 bits per heavy atom. The summed E-state index contributed by atoms with van der Waals surface area (Å²) < 4.78 is 26.9. The van der Waals surface area contributed by atoms with Gasteiger partial charge in [-0.1, -0.05) is 198 Å². The standard InChI is InChI=1S/C47H88NO8P/c1-3-5-7-9-11-13-15-17-19-20-21-22-23-24-26-27-29-31-33-35-37-39-46(50)48-41-42-55-57(52,53)56-44-45(49)43-54-47(51)40-38-36-34-32-30-28-25-18-16-14-12-10-8-6-4-2/h6,8,12,14,18,25,45,49H,3-5,7,9-11,13,15-17,19-24,26-44H2,1-2H3,(H,48,50)(H,52,53)/b8-6-,14-12-,25-18-. The molecular formula is C47H88NO8P. The smallest absolute Gasteiger partial charge is 0.463 e. The SMILES string of the molecule is CC/C=C\C/C=C\C/C=C\CCCCCCCC(=O)OCC(O)COP(=O)(O)OCCNC(=O)CCCCCCCCCCCCCCCCCCCCCCC. The molecule has 0 aliphatic heterocycles. The number of unbranched alkanes of at least 4 members (excludes halogenated alkanes) is 25. The zero-order valence-corrected chi connectivity index (χ0v) is 37.7. The molecular weight excluding hydrogens is 737 g/mol. The Morgan fingerprint density at radius 2 is 1.00 bits per heavy atom. The molecule has 1 amide bonds. The van der Waals surface area contributed by atoms with E-state index in [0.29, 0.717) is 12.8 Å². The summed E-state index contributed by atoms with van der Waals surface area (Å²) in [5.74, 6) is -0.527. The van der Waals surface area contributed by atoms with Crippen LogP contribution < -0.4 is 5.32 Å². The van der Waals surface area contributed by atoms with Gasteiger partial charge in [0.2, 0.25) is 5.91 Å². The van der Waals surface area contributed by atoms with Crippen molar-refractivity contribution in [3.8, 4) is 0 Å². The number of esters is 1. The van der Waals surface area contributed by atoms with Gasteiger partial charge in [0, 0.05) is 19.4 Å². The van der Waals surface area contributed by atoms with E-state index in [1.807, 2.05) is 0 Å². The number of aliphatic hydroxyl groups excluding tert-OH is 1. The summed E-state index contributed by atoms with van der Waals surface area (Å²) in [4.78, 5) is 34.0. The third-order valence-corrected chi connectivity index (χ3v) is 11.1. The Bertz CT molecular complexity index is 1030. The van der Waals surface area contributed by atoms with Crippen LogP contribution >= 0.6 is 7.82 Å². The maximum Gasteiger partial charge on any atom is 0.472 e. The molecule has 0 saturated heterocycles. The predicted octanol–water partition coefficient (Wildman–Crippen LogP) is 13.3. The Morgan fingerprint density at radius 3 is 1.51 bits per heavy atom. The van der Waals surface area contributed by atoms with Gasteiger partial charge in [-0.15, -0.1) is 0 Å². The molecule has 9 nitrogen and oxygen atoms in total. The van der Waals surface area contributed by atoms with E-state index in [2.05, 4.69) is 55.6 Å². The predicted molar refractivity (Wildman–Crippen MR) is 238 cm³/mol. The molecule has 0 aromatic rings. The Labute approximate surface area is 350 Å². The Hall–Kier alpha value is -1.77. The molecule has 0 saturated carbocycles. The van der Waals surface area contributed by atoms with E-state index in [9.17, 15) is 24.2 Å². The quantitative estimate of drug-likeness (QED) is 0.0239. The summed E-state index contributed by atoms with van der Waals surface area (Å²) in [7, 11) is -4.42. The van der Waals surface area contributed by atoms with Crippen LogP contribution in [0.15, 0.2) is 36.5 Å². The van der Waals surface area contributed by atoms with Crippen molar-refractivity contribution in [2.75, 3.05) is 26.4 Å². The van der Waals surface area contributed by atoms with Crippen molar-refractivity contribution in [2.24, 2.45) is 0 Å². The molecule has 57 heavy (non-hydrogen) atoms. The average Bonchev–Trinajstić information content (AvgIpc) is 3.20. The second-order valence-electron chi connectivity index (χ2n) is 15.7. The van der Waals surface area contributed by atoms with Gasteiger partial charge in [-0.25, -0.2) is 4.57 Å².